The molecule has 1 aromatic carbocycles. The van der Waals surface area contributed by atoms with Crippen molar-refractivity contribution in [3.8, 4) is 0 Å². The summed E-state index contributed by atoms with van der Waals surface area (Å²) in [6, 6.07) is 10.6. The van der Waals surface area contributed by atoms with Gasteiger partial charge < -0.3 is 17.3 Å². The van der Waals surface area contributed by atoms with Crippen molar-refractivity contribution in [2.45, 2.75) is 38.6 Å². The van der Waals surface area contributed by atoms with Gasteiger partial charge in [0.25, 0.3) is 0 Å². The van der Waals surface area contributed by atoms with Crippen LogP contribution in [0, 0.1) is 5.92 Å². The summed E-state index contributed by atoms with van der Waals surface area (Å²) in [5.41, 5.74) is 1.37. The molecule has 1 saturated heterocycles. The minimum absolute atomic E-state index is 0. The average Bonchev–Trinajstić information content (AvgIpc) is 2.57. The smallest absolute Gasteiger partial charge is 0.225 e. The Morgan fingerprint density at radius 2 is 1.59 bits per heavy atom. The van der Waals surface area contributed by atoms with Gasteiger partial charge in [0, 0.05) is 38.6 Å². The van der Waals surface area contributed by atoms with E-state index in [0.717, 1.165) is 45.6 Å². The maximum Gasteiger partial charge on any atom is 0.225 e. The molecule has 1 aliphatic heterocycles. The van der Waals surface area contributed by atoms with E-state index >= 15 is 0 Å². The molecule has 1 amide bonds. The van der Waals surface area contributed by atoms with Crippen LogP contribution >= 0.6 is 0 Å². The topological polar surface area (TPSA) is 23.6 Å². The third-order valence-corrected chi connectivity index (χ3v) is 4.89. The Bertz CT molecular complexity index is 451. The molecule has 0 spiro atoms. The Labute approximate surface area is 140 Å². The number of hydrogen-bond acceptors (Lipinski definition) is 2. The van der Waals surface area contributed by atoms with Crippen LogP contribution in [-0.4, -0.2) is 41.9 Å². The highest BCUT2D eigenvalue weighted by Crippen LogP contribution is 2.25. The van der Waals surface area contributed by atoms with E-state index in [1.807, 2.05) is 0 Å². The largest absolute Gasteiger partial charge is 1.00 e. The highest BCUT2D eigenvalue weighted by molar-refractivity contribution is 5.79. The summed E-state index contributed by atoms with van der Waals surface area (Å²) in [5, 5.41) is 0. The Morgan fingerprint density at radius 3 is 2.23 bits per heavy atom. The number of piperazine rings is 1. The molecule has 3 nitrogen and oxygen atoms in total. The number of carbonyl (C=O) groups excluding carboxylic acids is 1. The summed E-state index contributed by atoms with van der Waals surface area (Å²) in [7, 11) is 0. The predicted molar refractivity (Wildman–Crippen MR) is 84.9 cm³/mol. The van der Waals surface area contributed by atoms with E-state index in [9.17, 15) is 4.79 Å². The van der Waals surface area contributed by atoms with E-state index in [2.05, 4.69) is 40.1 Å². The summed E-state index contributed by atoms with van der Waals surface area (Å²) in [5.74, 6) is 0.744. The fourth-order valence-electron chi connectivity index (χ4n) is 3.58. The highest BCUT2D eigenvalue weighted by Gasteiger charge is 2.28. The summed E-state index contributed by atoms with van der Waals surface area (Å²) in [6.45, 7) is 4.83. The Kier molecular flexibility index (Phi) is 6.71. The van der Waals surface area contributed by atoms with Crippen LogP contribution in [0.5, 0.6) is 0 Å². The zero-order chi connectivity index (χ0) is 14.5. The van der Waals surface area contributed by atoms with Crippen LogP contribution in [0.4, 0.5) is 0 Å². The number of nitrogens with zero attached hydrogens (tertiary/aromatic N) is 2. The third-order valence-electron chi connectivity index (χ3n) is 4.89. The molecule has 122 valence electrons. The van der Waals surface area contributed by atoms with Gasteiger partial charge in [0.1, 0.15) is 0 Å². The lowest BCUT2D eigenvalue weighted by atomic mass is 9.88. The molecule has 1 aromatic rings. The number of benzene rings is 1. The fraction of sp³-hybridized carbons (Fsp3) is 0.611. The minimum Gasteiger partial charge on any atom is -1.00 e. The van der Waals surface area contributed by atoms with Gasteiger partial charge in [-0.2, -0.15) is 0 Å². The number of amides is 1. The van der Waals surface area contributed by atoms with Crippen molar-refractivity contribution in [1.29, 1.82) is 0 Å². The number of carbonyl (C=O) groups is 1. The van der Waals surface area contributed by atoms with Crippen LogP contribution in [0.25, 0.3) is 0 Å². The summed E-state index contributed by atoms with van der Waals surface area (Å²) >= 11 is 0. The van der Waals surface area contributed by atoms with Gasteiger partial charge >= 0.3 is 0 Å². The van der Waals surface area contributed by atoms with Gasteiger partial charge in [0.2, 0.25) is 5.91 Å². The number of hydrogen-bond donors (Lipinski definition) is 0. The lowest BCUT2D eigenvalue weighted by Gasteiger charge is -2.37. The summed E-state index contributed by atoms with van der Waals surface area (Å²) in [6.07, 6.45) is 6.02. The van der Waals surface area contributed by atoms with Crippen molar-refractivity contribution in [2.24, 2.45) is 5.92 Å². The first-order valence-corrected chi connectivity index (χ1v) is 8.38. The first-order chi connectivity index (χ1) is 10.3. The van der Waals surface area contributed by atoms with Gasteiger partial charge in [-0.05, 0) is 18.4 Å². The molecule has 0 bridgehead atoms. The monoisotopic (exact) mass is 321 g/mol. The van der Waals surface area contributed by atoms with Crippen LogP contribution in [0.3, 0.4) is 0 Å². The molecular formula is C18H26ClN2O-. The molecule has 0 atom stereocenters. The molecule has 2 aliphatic rings. The van der Waals surface area contributed by atoms with Crippen molar-refractivity contribution in [3.63, 3.8) is 0 Å². The van der Waals surface area contributed by atoms with E-state index in [1.54, 1.807) is 0 Å². The minimum atomic E-state index is 0. The van der Waals surface area contributed by atoms with Crippen molar-refractivity contribution >= 4 is 5.91 Å². The second-order valence-electron chi connectivity index (χ2n) is 6.42. The van der Waals surface area contributed by atoms with Crippen molar-refractivity contribution in [1.82, 2.24) is 9.80 Å². The average molecular weight is 322 g/mol. The standard InChI is InChI=1S/C18H26N2O.ClH/c21-18(17-9-5-2-6-10-17)20-13-11-19(12-14-20)15-16-7-3-1-4-8-16;/h1,3-4,7-8,17H,2,5-6,9-15H2;1H/p-1. The predicted octanol–water partition coefficient (Wildman–Crippen LogP) is -0.0849. The second kappa shape index (κ2) is 8.54. The van der Waals surface area contributed by atoms with Gasteiger partial charge in [-0.1, -0.05) is 49.6 Å². The zero-order valence-electron chi connectivity index (χ0n) is 13.2. The van der Waals surface area contributed by atoms with Gasteiger partial charge in [0.05, 0.1) is 0 Å². The fourth-order valence-corrected chi connectivity index (χ4v) is 3.58. The molecule has 0 radical (unpaired) electrons. The summed E-state index contributed by atoms with van der Waals surface area (Å²) < 4.78 is 0. The lowest BCUT2D eigenvalue weighted by Crippen LogP contribution is -3.00. The molecule has 0 N–H and O–H groups in total. The van der Waals surface area contributed by atoms with Gasteiger partial charge in [0.15, 0.2) is 0 Å². The van der Waals surface area contributed by atoms with Crippen LogP contribution in [0.1, 0.15) is 37.7 Å². The molecule has 22 heavy (non-hydrogen) atoms. The molecule has 0 aromatic heterocycles. The highest BCUT2D eigenvalue weighted by atomic mass is 35.5. The number of halogens is 1. The van der Waals surface area contributed by atoms with Crippen molar-refractivity contribution in [2.75, 3.05) is 26.2 Å². The Balaban J connectivity index is 0.00000176. The van der Waals surface area contributed by atoms with Crippen LogP contribution in [-0.2, 0) is 11.3 Å². The molecule has 0 unspecified atom stereocenters. The maximum absolute atomic E-state index is 12.5. The first kappa shape index (κ1) is 17.3. The van der Waals surface area contributed by atoms with Crippen LogP contribution < -0.4 is 12.4 Å². The van der Waals surface area contributed by atoms with E-state index in [4.69, 9.17) is 0 Å². The van der Waals surface area contributed by atoms with Crippen molar-refractivity contribution in [3.05, 3.63) is 35.9 Å². The molecule has 4 heteroatoms. The first-order valence-electron chi connectivity index (χ1n) is 8.38. The quantitative estimate of drug-likeness (QED) is 0.777. The molecule has 1 saturated carbocycles. The second-order valence-corrected chi connectivity index (χ2v) is 6.42. The van der Waals surface area contributed by atoms with Crippen LogP contribution in [0.15, 0.2) is 30.3 Å². The molecule has 1 aliphatic carbocycles. The summed E-state index contributed by atoms with van der Waals surface area (Å²) in [4.78, 5) is 17.1. The SMILES string of the molecule is O=C(C1CCCCC1)N1CCN(Cc2ccccc2)CC1.[Cl-]. The van der Waals surface area contributed by atoms with E-state index in [-0.39, 0.29) is 12.4 Å². The van der Waals surface area contributed by atoms with Crippen molar-refractivity contribution < 1.29 is 17.2 Å². The van der Waals surface area contributed by atoms with Crippen LogP contribution in [0.2, 0.25) is 0 Å². The Hall–Kier alpha value is -1.06. The molecule has 1 heterocycles. The van der Waals surface area contributed by atoms with Gasteiger partial charge in [-0.15, -0.1) is 0 Å². The zero-order valence-corrected chi connectivity index (χ0v) is 14.0. The number of rotatable bonds is 3. The molecule has 2 fully saturated rings. The van der Waals surface area contributed by atoms with E-state index in [0.29, 0.717) is 11.8 Å². The lowest BCUT2D eigenvalue weighted by molar-refractivity contribution is -0.138. The maximum atomic E-state index is 12.5. The van der Waals surface area contributed by atoms with Gasteiger partial charge in [-0.3, -0.25) is 9.69 Å². The third kappa shape index (κ3) is 4.47. The van der Waals surface area contributed by atoms with E-state index in [1.165, 1.54) is 24.8 Å². The van der Waals surface area contributed by atoms with E-state index < -0.39 is 0 Å². The Morgan fingerprint density at radius 1 is 0.955 bits per heavy atom. The normalized spacial score (nSPS) is 20.5. The van der Waals surface area contributed by atoms with Gasteiger partial charge in [-0.25, -0.2) is 0 Å². The molecular weight excluding hydrogens is 296 g/mol. The molecule has 3 rings (SSSR count).